The van der Waals surface area contributed by atoms with Gasteiger partial charge in [-0.1, -0.05) is 12.1 Å². The van der Waals surface area contributed by atoms with E-state index in [4.69, 9.17) is 4.74 Å². The van der Waals surface area contributed by atoms with Crippen molar-refractivity contribution >= 4 is 29.0 Å². The second kappa shape index (κ2) is 6.63. The van der Waals surface area contributed by atoms with Gasteiger partial charge in [0, 0.05) is 5.56 Å². The lowest BCUT2D eigenvalue weighted by Gasteiger charge is -2.41. The number of carbonyl (C=O) groups is 3. The molecule has 6 nitrogen and oxygen atoms in total. The lowest BCUT2D eigenvalue weighted by molar-refractivity contribution is -0.127. The third-order valence-corrected chi connectivity index (χ3v) is 4.38. The quantitative estimate of drug-likeness (QED) is 0.858. The molecule has 6 heteroatoms. The van der Waals surface area contributed by atoms with Gasteiger partial charge in [0.25, 0.3) is 5.91 Å². The molecule has 134 valence electrons. The average molecular weight is 352 g/mol. The Bertz CT molecular complexity index is 872. The van der Waals surface area contributed by atoms with Crippen LogP contribution in [0.2, 0.25) is 0 Å². The number of hydrogen-bond donors (Lipinski definition) is 1. The van der Waals surface area contributed by atoms with Crippen LogP contribution in [0.1, 0.15) is 31.1 Å². The first-order valence-electron chi connectivity index (χ1n) is 8.28. The van der Waals surface area contributed by atoms with E-state index in [0.29, 0.717) is 22.7 Å². The number of amides is 2. The molecule has 0 atom stereocenters. The summed E-state index contributed by atoms with van der Waals surface area (Å²) in [7, 11) is 0. The van der Waals surface area contributed by atoms with Crippen molar-refractivity contribution in [3.05, 3.63) is 54.1 Å². The zero-order valence-electron chi connectivity index (χ0n) is 14.9. The Morgan fingerprint density at radius 3 is 2.38 bits per heavy atom. The predicted octanol–water partition coefficient (Wildman–Crippen LogP) is 3.03. The SMILES string of the molecule is CC(=O)c1ccc(OCC(=O)N2c3ccccc3NC(=O)C2(C)C)cc1. The predicted molar refractivity (Wildman–Crippen MR) is 98.6 cm³/mol. The van der Waals surface area contributed by atoms with Gasteiger partial charge in [0.1, 0.15) is 11.3 Å². The van der Waals surface area contributed by atoms with Crippen LogP contribution in [0.3, 0.4) is 0 Å². The van der Waals surface area contributed by atoms with Gasteiger partial charge in [0.15, 0.2) is 12.4 Å². The van der Waals surface area contributed by atoms with Gasteiger partial charge in [-0.05, 0) is 57.2 Å². The minimum atomic E-state index is -1.03. The largest absolute Gasteiger partial charge is 0.484 e. The van der Waals surface area contributed by atoms with E-state index < -0.39 is 5.54 Å². The number of para-hydroxylation sites is 2. The summed E-state index contributed by atoms with van der Waals surface area (Å²) in [6.45, 7) is 4.65. The van der Waals surface area contributed by atoms with Crippen LogP contribution in [0.25, 0.3) is 0 Å². The number of carbonyl (C=O) groups excluding carboxylic acids is 3. The summed E-state index contributed by atoms with van der Waals surface area (Å²) in [5.74, 6) is -0.135. The Labute approximate surface area is 151 Å². The van der Waals surface area contributed by atoms with Gasteiger partial charge in [0.2, 0.25) is 5.91 Å². The molecule has 0 aromatic heterocycles. The van der Waals surface area contributed by atoms with Crippen molar-refractivity contribution in [2.24, 2.45) is 0 Å². The fourth-order valence-corrected chi connectivity index (χ4v) is 2.89. The molecule has 2 aromatic rings. The first kappa shape index (κ1) is 17.7. The minimum absolute atomic E-state index is 0.0367. The maximum Gasteiger partial charge on any atom is 0.265 e. The Morgan fingerprint density at radius 1 is 1.08 bits per heavy atom. The smallest absolute Gasteiger partial charge is 0.265 e. The molecule has 3 rings (SSSR count). The second-order valence-corrected chi connectivity index (χ2v) is 6.63. The van der Waals surface area contributed by atoms with E-state index in [1.807, 2.05) is 6.07 Å². The molecule has 0 saturated carbocycles. The molecule has 0 fully saturated rings. The topological polar surface area (TPSA) is 75.7 Å². The van der Waals surface area contributed by atoms with Crippen LogP contribution >= 0.6 is 0 Å². The summed E-state index contributed by atoms with van der Waals surface area (Å²) in [6, 6.07) is 13.7. The number of Topliss-reactive ketones (excluding diaryl/α,β-unsaturated/α-hetero) is 1. The fourth-order valence-electron chi connectivity index (χ4n) is 2.89. The van der Waals surface area contributed by atoms with E-state index in [1.54, 1.807) is 56.3 Å². The number of rotatable bonds is 4. The maximum absolute atomic E-state index is 12.8. The Kier molecular flexibility index (Phi) is 4.50. The third kappa shape index (κ3) is 3.18. The van der Waals surface area contributed by atoms with Crippen LogP contribution in [0.5, 0.6) is 5.75 Å². The van der Waals surface area contributed by atoms with Gasteiger partial charge < -0.3 is 10.1 Å². The molecule has 0 spiro atoms. The zero-order valence-corrected chi connectivity index (χ0v) is 14.9. The van der Waals surface area contributed by atoms with E-state index in [9.17, 15) is 14.4 Å². The zero-order chi connectivity index (χ0) is 18.9. The molecule has 0 aliphatic carbocycles. The lowest BCUT2D eigenvalue weighted by atomic mass is 9.96. The Morgan fingerprint density at radius 2 is 1.73 bits per heavy atom. The van der Waals surface area contributed by atoms with Crippen molar-refractivity contribution in [1.82, 2.24) is 0 Å². The molecule has 1 aliphatic rings. The molecular weight excluding hydrogens is 332 g/mol. The summed E-state index contributed by atoms with van der Waals surface area (Å²) in [5.41, 5.74) is 0.771. The summed E-state index contributed by atoms with van der Waals surface area (Å²) in [4.78, 5) is 38.0. The maximum atomic E-state index is 12.8. The molecule has 2 amide bonds. The standard InChI is InChI=1S/C20H20N2O4/c1-13(23)14-8-10-15(11-9-14)26-12-18(24)22-17-7-5-4-6-16(17)21-19(25)20(22,2)3/h4-11H,12H2,1-3H3,(H,21,25). The molecule has 1 N–H and O–H groups in total. The molecule has 1 heterocycles. The molecule has 0 radical (unpaired) electrons. The highest BCUT2D eigenvalue weighted by Gasteiger charge is 2.43. The number of ether oxygens (including phenoxy) is 1. The molecule has 2 aromatic carbocycles. The molecule has 0 bridgehead atoms. The summed E-state index contributed by atoms with van der Waals surface area (Å²) in [5, 5.41) is 2.82. The van der Waals surface area contributed by atoms with Gasteiger partial charge >= 0.3 is 0 Å². The van der Waals surface area contributed by atoms with Crippen LogP contribution in [0, 0.1) is 0 Å². The van der Waals surface area contributed by atoms with Gasteiger partial charge in [-0.3, -0.25) is 19.3 Å². The monoisotopic (exact) mass is 352 g/mol. The van der Waals surface area contributed by atoms with E-state index in [1.165, 1.54) is 11.8 Å². The highest BCUT2D eigenvalue weighted by molar-refractivity contribution is 6.14. The fraction of sp³-hybridized carbons (Fsp3) is 0.250. The van der Waals surface area contributed by atoms with E-state index in [2.05, 4.69) is 5.32 Å². The Balaban J connectivity index is 1.80. The van der Waals surface area contributed by atoms with Crippen molar-refractivity contribution in [3.8, 4) is 5.75 Å². The van der Waals surface area contributed by atoms with Gasteiger partial charge in [-0.15, -0.1) is 0 Å². The van der Waals surface area contributed by atoms with Gasteiger partial charge in [0.05, 0.1) is 11.4 Å². The highest BCUT2D eigenvalue weighted by atomic mass is 16.5. The lowest BCUT2D eigenvalue weighted by Crippen LogP contribution is -2.59. The number of anilines is 2. The first-order chi connectivity index (χ1) is 12.3. The molecule has 1 aliphatic heterocycles. The summed E-state index contributed by atoms with van der Waals surface area (Å²) < 4.78 is 5.57. The van der Waals surface area contributed by atoms with Crippen molar-refractivity contribution < 1.29 is 19.1 Å². The van der Waals surface area contributed by atoms with Crippen LogP contribution in [-0.2, 0) is 9.59 Å². The van der Waals surface area contributed by atoms with Crippen molar-refractivity contribution in [3.63, 3.8) is 0 Å². The first-order valence-corrected chi connectivity index (χ1v) is 8.28. The molecule has 0 unspecified atom stereocenters. The van der Waals surface area contributed by atoms with Crippen LogP contribution in [-0.4, -0.2) is 29.7 Å². The number of nitrogens with one attached hydrogen (secondary N) is 1. The van der Waals surface area contributed by atoms with Gasteiger partial charge in [-0.2, -0.15) is 0 Å². The average Bonchev–Trinajstić information content (AvgIpc) is 2.61. The van der Waals surface area contributed by atoms with E-state index in [-0.39, 0.29) is 24.2 Å². The van der Waals surface area contributed by atoms with Crippen LogP contribution in [0.15, 0.2) is 48.5 Å². The second-order valence-electron chi connectivity index (χ2n) is 6.63. The molecule has 26 heavy (non-hydrogen) atoms. The Hall–Kier alpha value is -3.15. The van der Waals surface area contributed by atoms with Crippen molar-refractivity contribution in [2.45, 2.75) is 26.3 Å². The van der Waals surface area contributed by atoms with Crippen LogP contribution in [0.4, 0.5) is 11.4 Å². The van der Waals surface area contributed by atoms with Crippen molar-refractivity contribution in [2.75, 3.05) is 16.8 Å². The molecular formula is C20H20N2O4. The summed E-state index contributed by atoms with van der Waals surface area (Å²) >= 11 is 0. The summed E-state index contributed by atoms with van der Waals surface area (Å²) in [6.07, 6.45) is 0. The van der Waals surface area contributed by atoms with E-state index >= 15 is 0 Å². The third-order valence-electron chi connectivity index (χ3n) is 4.38. The normalized spacial score (nSPS) is 15.0. The number of ketones is 1. The number of hydrogen-bond acceptors (Lipinski definition) is 4. The van der Waals surface area contributed by atoms with Gasteiger partial charge in [-0.25, -0.2) is 0 Å². The number of fused-ring (bicyclic) bond motifs is 1. The van der Waals surface area contributed by atoms with E-state index in [0.717, 1.165) is 0 Å². The molecule has 0 saturated heterocycles. The number of nitrogens with zero attached hydrogens (tertiary/aromatic N) is 1. The van der Waals surface area contributed by atoms with Crippen molar-refractivity contribution in [1.29, 1.82) is 0 Å². The highest BCUT2D eigenvalue weighted by Crippen LogP contribution is 2.36. The number of benzene rings is 2. The van der Waals surface area contributed by atoms with Crippen LogP contribution < -0.4 is 15.0 Å². The minimum Gasteiger partial charge on any atom is -0.484 e.